The van der Waals surface area contributed by atoms with Gasteiger partial charge in [-0.3, -0.25) is 9.78 Å². The minimum absolute atomic E-state index is 0.0401. The van der Waals surface area contributed by atoms with E-state index < -0.39 is 0 Å². The van der Waals surface area contributed by atoms with Crippen LogP contribution in [0.5, 0.6) is 5.75 Å². The number of hydrogen-bond acceptors (Lipinski definition) is 3. The van der Waals surface area contributed by atoms with Gasteiger partial charge < -0.3 is 4.74 Å². The Morgan fingerprint density at radius 3 is 2.68 bits per heavy atom. The zero-order chi connectivity index (χ0) is 13.8. The van der Waals surface area contributed by atoms with Crippen molar-refractivity contribution >= 4 is 17.4 Å². The first-order valence-electron chi connectivity index (χ1n) is 5.98. The highest BCUT2D eigenvalue weighted by Crippen LogP contribution is 2.18. The van der Waals surface area contributed by atoms with Crippen LogP contribution in [-0.2, 0) is 0 Å². The van der Waals surface area contributed by atoms with E-state index in [9.17, 15) is 4.79 Å². The highest BCUT2D eigenvalue weighted by atomic mass is 35.5. The molecule has 0 radical (unpaired) electrons. The van der Waals surface area contributed by atoms with Crippen LogP contribution in [0, 0.1) is 0 Å². The Morgan fingerprint density at radius 2 is 2.00 bits per heavy atom. The second-order valence-corrected chi connectivity index (χ2v) is 4.85. The van der Waals surface area contributed by atoms with E-state index in [1.807, 2.05) is 13.8 Å². The maximum atomic E-state index is 12.3. The summed E-state index contributed by atoms with van der Waals surface area (Å²) in [5.41, 5.74) is 1.02. The SMILES string of the molecule is CC(C)Oc1cncc(C(=O)c2cccc(Cl)c2)c1. The Balaban J connectivity index is 2.29. The summed E-state index contributed by atoms with van der Waals surface area (Å²) in [5, 5.41) is 0.536. The number of halogens is 1. The van der Waals surface area contributed by atoms with Gasteiger partial charge in [0, 0.05) is 22.3 Å². The highest BCUT2D eigenvalue weighted by Gasteiger charge is 2.11. The van der Waals surface area contributed by atoms with Gasteiger partial charge in [0.25, 0.3) is 0 Å². The second kappa shape index (κ2) is 5.85. The molecule has 0 bridgehead atoms. The van der Waals surface area contributed by atoms with Crippen molar-refractivity contribution in [1.82, 2.24) is 4.98 Å². The number of pyridine rings is 1. The van der Waals surface area contributed by atoms with Crippen LogP contribution in [0.1, 0.15) is 29.8 Å². The molecule has 0 spiro atoms. The van der Waals surface area contributed by atoms with Crippen molar-refractivity contribution in [3.05, 3.63) is 58.9 Å². The molecule has 98 valence electrons. The largest absolute Gasteiger partial charge is 0.489 e. The molecule has 4 heteroatoms. The fourth-order valence-electron chi connectivity index (χ4n) is 1.68. The maximum Gasteiger partial charge on any atom is 0.194 e. The molecule has 0 saturated heterocycles. The van der Waals surface area contributed by atoms with E-state index in [-0.39, 0.29) is 11.9 Å². The first-order chi connectivity index (χ1) is 9.06. The third kappa shape index (κ3) is 3.55. The fraction of sp³-hybridized carbons (Fsp3) is 0.200. The molecule has 0 aliphatic carbocycles. The number of rotatable bonds is 4. The molecule has 2 aromatic rings. The molecule has 0 N–H and O–H groups in total. The zero-order valence-corrected chi connectivity index (χ0v) is 11.5. The summed E-state index contributed by atoms with van der Waals surface area (Å²) in [5.74, 6) is 0.465. The summed E-state index contributed by atoms with van der Waals surface area (Å²) in [6, 6.07) is 8.53. The van der Waals surface area contributed by atoms with E-state index in [1.165, 1.54) is 6.20 Å². The molecule has 0 unspecified atom stereocenters. The van der Waals surface area contributed by atoms with Crippen LogP contribution >= 0.6 is 11.6 Å². The van der Waals surface area contributed by atoms with Gasteiger partial charge in [-0.2, -0.15) is 0 Å². The lowest BCUT2D eigenvalue weighted by Crippen LogP contribution is -2.07. The van der Waals surface area contributed by atoms with Crippen LogP contribution in [-0.4, -0.2) is 16.9 Å². The standard InChI is InChI=1S/C15H14ClNO2/c1-10(2)19-14-7-12(8-17-9-14)15(18)11-4-3-5-13(16)6-11/h3-10H,1-2H3. The van der Waals surface area contributed by atoms with E-state index in [0.29, 0.717) is 21.9 Å². The lowest BCUT2D eigenvalue weighted by molar-refractivity contribution is 0.103. The number of benzene rings is 1. The van der Waals surface area contributed by atoms with Gasteiger partial charge in [-0.25, -0.2) is 0 Å². The minimum Gasteiger partial charge on any atom is -0.489 e. The van der Waals surface area contributed by atoms with Crippen LogP contribution in [0.4, 0.5) is 0 Å². The lowest BCUT2D eigenvalue weighted by Gasteiger charge is -2.10. The first-order valence-corrected chi connectivity index (χ1v) is 6.36. The average Bonchev–Trinajstić information content (AvgIpc) is 2.37. The topological polar surface area (TPSA) is 39.2 Å². The van der Waals surface area contributed by atoms with Crippen molar-refractivity contribution in [1.29, 1.82) is 0 Å². The highest BCUT2D eigenvalue weighted by molar-refractivity contribution is 6.31. The quantitative estimate of drug-likeness (QED) is 0.798. The Kier molecular flexibility index (Phi) is 4.17. The molecule has 0 aliphatic rings. The van der Waals surface area contributed by atoms with Crippen molar-refractivity contribution in [2.45, 2.75) is 20.0 Å². The average molecular weight is 276 g/mol. The number of ether oxygens (including phenoxy) is 1. The summed E-state index contributed by atoms with van der Waals surface area (Å²) in [6.07, 6.45) is 3.16. The number of hydrogen-bond donors (Lipinski definition) is 0. The number of carbonyl (C=O) groups excluding carboxylic acids is 1. The summed E-state index contributed by atoms with van der Waals surface area (Å²) in [7, 11) is 0. The zero-order valence-electron chi connectivity index (χ0n) is 10.8. The molecule has 0 fully saturated rings. The van der Waals surface area contributed by atoms with Crippen LogP contribution in [0.3, 0.4) is 0 Å². The molecule has 0 atom stereocenters. The molecule has 2 rings (SSSR count). The van der Waals surface area contributed by atoms with E-state index in [0.717, 1.165) is 0 Å². The maximum absolute atomic E-state index is 12.3. The number of ketones is 1. The van der Waals surface area contributed by atoms with Gasteiger partial charge in [0.05, 0.1) is 12.3 Å². The molecule has 3 nitrogen and oxygen atoms in total. The van der Waals surface area contributed by atoms with Gasteiger partial charge in [0.2, 0.25) is 0 Å². The van der Waals surface area contributed by atoms with Crippen LogP contribution < -0.4 is 4.74 Å². The molecule has 1 aromatic carbocycles. The van der Waals surface area contributed by atoms with E-state index in [1.54, 1.807) is 36.5 Å². The third-order valence-corrected chi connectivity index (χ3v) is 2.67. The predicted octanol–water partition coefficient (Wildman–Crippen LogP) is 3.75. The van der Waals surface area contributed by atoms with Crippen LogP contribution in [0.2, 0.25) is 5.02 Å². The van der Waals surface area contributed by atoms with E-state index >= 15 is 0 Å². The van der Waals surface area contributed by atoms with Crippen LogP contribution in [0.15, 0.2) is 42.7 Å². The van der Waals surface area contributed by atoms with Gasteiger partial charge in [-0.05, 0) is 32.0 Å². The number of aromatic nitrogens is 1. The van der Waals surface area contributed by atoms with E-state index in [2.05, 4.69) is 4.98 Å². The minimum atomic E-state index is -0.121. The van der Waals surface area contributed by atoms with E-state index in [4.69, 9.17) is 16.3 Å². The predicted molar refractivity (Wildman–Crippen MR) is 74.9 cm³/mol. The Morgan fingerprint density at radius 1 is 1.21 bits per heavy atom. The van der Waals surface area contributed by atoms with Crippen molar-refractivity contribution in [3.8, 4) is 5.75 Å². The van der Waals surface area contributed by atoms with Gasteiger partial charge in [-0.15, -0.1) is 0 Å². The fourth-order valence-corrected chi connectivity index (χ4v) is 1.87. The Labute approximate surface area is 117 Å². The molecular weight excluding hydrogens is 262 g/mol. The Bertz CT molecular complexity index is 596. The normalized spacial score (nSPS) is 10.5. The molecule has 0 saturated carbocycles. The smallest absolute Gasteiger partial charge is 0.194 e. The number of nitrogens with zero attached hydrogens (tertiary/aromatic N) is 1. The van der Waals surface area contributed by atoms with Crippen molar-refractivity contribution in [2.75, 3.05) is 0 Å². The summed E-state index contributed by atoms with van der Waals surface area (Å²) < 4.78 is 5.52. The Hall–Kier alpha value is -1.87. The molecular formula is C15H14ClNO2. The van der Waals surface area contributed by atoms with Gasteiger partial charge in [0.15, 0.2) is 5.78 Å². The second-order valence-electron chi connectivity index (χ2n) is 4.42. The van der Waals surface area contributed by atoms with Crippen LogP contribution in [0.25, 0.3) is 0 Å². The van der Waals surface area contributed by atoms with Gasteiger partial charge >= 0.3 is 0 Å². The van der Waals surface area contributed by atoms with Crippen molar-refractivity contribution < 1.29 is 9.53 Å². The summed E-state index contributed by atoms with van der Waals surface area (Å²) >= 11 is 5.88. The van der Waals surface area contributed by atoms with Gasteiger partial charge in [-0.1, -0.05) is 23.7 Å². The molecule has 19 heavy (non-hydrogen) atoms. The van der Waals surface area contributed by atoms with Crippen molar-refractivity contribution in [3.63, 3.8) is 0 Å². The summed E-state index contributed by atoms with van der Waals surface area (Å²) in [4.78, 5) is 16.3. The summed E-state index contributed by atoms with van der Waals surface area (Å²) in [6.45, 7) is 3.84. The third-order valence-electron chi connectivity index (χ3n) is 2.43. The molecule has 1 heterocycles. The number of carbonyl (C=O) groups is 1. The van der Waals surface area contributed by atoms with Crippen molar-refractivity contribution in [2.24, 2.45) is 0 Å². The molecule has 1 aromatic heterocycles. The molecule has 0 aliphatic heterocycles. The molecule has 0 amide bonds. The lowest BCUT2D eigenvalue weighted by atomic mass is 10.1. The van der Waals surface area contributed by atoms with Gasteiger partial charge in [0.1, 0.15) is 5.75 Å². The monoisotopic (exact) mass is 275 g/mol. The first kappa shape index (κ1) is 13.6.